The number of benzene rings is 2. The number of nitrogens with zero attached hydrogens (tertiary/aromatic N) is 2. The molecule has 0 bridgehead atoms. The Bertz CT molecular complexity index is 926. The molecular formula is C22H23N3O3. The molecule has 6 heteroatoms. The van der Waals surface area contributed by atoms with Crippen molar-refractivity contribution in [3.05, 3.63) is 54.1 Å². The van der Waals surface area contributed by atoms with E-state index in [1.807, 2.05) is 55.5 Å². The minimum Gasteiger partial charge on any atom is -0.326 e. The van der Waals surface area contributed by atoms with Gasteiger partial charge in [0.15, 0.2) is 0 Å². The number of carbonyl (C=O) groups excluding carboxylic acids is 3. The summed E-state index contributed by atoms with van der Waals surface area (Å²) < 4.78 is 0. The fourth-order valence-electron chi connectivity index (χ4n) is 3.90. The lowest BCUT2D eigenvalue weighted by Gasteiger charge is -2.20. The second-order valence-electron chi connectivity index (χ2n) is 7.22. The van der Waals surface area contributed by atoms with Crippen LogP contribution in [0.4, 0.5) is 17.1 Å². The number of carbonyl (C=O) groups is 3. The van der Waals surface area contributed by atoms with Gasteiger partial charge in [0.2, 0.25) is 17.7 Å². The van der Waals surface area contributed by atoms with E-state index in [1.54, 1.807) is 9.80 Å². The summed E-state index contributed by atoms with van der Waals surface area (Å²) >= 11 is 0. The molecule has 0 aromatic heterocycles. The number of para-hydroxylation sites is 1. The van der Waals surface area contributed by atoms with Crippen LogP contribution in [0.3, 0.4) is 0 Å². The number of rotatable bonds is 4. The maximum Gasteiger partial charge on any atom is 0.229 e. The molecule has 4 rings (SSSR count). The quantitative estimate of drug-likeness (QED) is 0.891. The topological polar surface area (TPSA) is 69.7 Å². The molecule has 0 spiro atoms. The second-order valence-corrected chi connectivity index (χ2v) is 7.22. The molecule has 2 aromatic carbocycles. The number of nitrogens with one attached hydrogen (secondary N) is 1. The zero-order valence-corrected chi connectivity index (χ0v) is 15.9. The first-order valence-corrected chi connectivity index (χ1v) is 9.66. The lowest BCUT2D eigenvalue weighted by atomic mass is 10.1. The van der Waals surface area contributed by atoms with Crippen molar-refractivity contribution in [1.29, 1.82) is 0 Å². The van der Waals surface area contributed by atoms with Gasteiger partial charge in [0, 0.05) is 43.0 Å². The minimum absolute atomic E-state index is 0.0485. The highest BCUT2D eigenvalue weighted by Gasteiger charge is 2.36. The molecular weight excluding hydrogens is 354 g/mol. The van der Waals surface area contributed by atoms with Crippen molar-refractivity contribution in [2.24, 2.45) is 5.92 Å². The SMILES string of the molecule is CCC(=O)N1CCc2cc(N3CC(C(=O)Nc4ccccc4)CC3=O)ccc21. The number of hydrogen-bond acceptors (Lipinski definition) is 3. The maximum absolute atomic E-state index is 12.5. The Balaban J connectivity index is 1.48. The highest BCUT2D eigenvalue weighted by Crippen LogP contribution is 2.34. The van der Waals surface area contributed by atoms with Crippen molar-refractivity contribution in [2.45, 2.75) is 26.2 Å². The highest BCUT2D eigenvalue weighted by atomic mass is 16.2. The van der Waals surface area contributed by atoms with Crippen LogP contribution in [0.5, 0.6) is 0 Å². The summed E-state index contributed by atoms with van der Waals surface area (Å²) in [6, 6.07) is 15.0. The normalized spacial score (nSPS) is 18.3. The molecule has 1 N–H and O–H groups in total. The van der Waals surface area contributed by atoms with Gasteiger partial charge in [-0.3, -0.25) is 14.4 Å². The van der Waals surface area contributed by atoms with Gasteiger partial charge in [-0.2, -0.15) is 0 Å². The maximum atomic E-state index is 12.5. The van der Waals surface area contributed by atoms with Gasteiger partial charge >= 0.3 is 0 Å². The Morgan fingerprint density at radius 3 is 2.68 bits per heavy atom. The van der Waals surface area contributed by atoms with E-state index in [0.29, 0.717) is 19.5 Å². The first-order chi connectivity index (χ1) is 13.6. The van der Waals surface area contributed by atoms with Crippen molar-refractivity contribution in [3.8, 4) is 0 Å². The Hall–Kier alpha value is -3.15. The molecule has 1 saturated heterocycles. The van der Waals surface area contributed by atoms with E-state index >= 15 is 0 Å². The summed E-state index contributed by atoms with van der Waals surface area (Å²) in [4.78, 5) is 40.6. The molecule has 144 valence electrons. The number of amides is 3. The average Bonchev–Trinajstić information content (AvgIpc) is 3.31. The summed E-state index contributed by atoms with van der Waals surface area (Å²) in [5, 5.41) is 2.88. The van der Waals surface area contributed by atoms with E-state index in [4.69, 9.17) is 0 Å². The first kappa shape index (κ1) is 18.2. The van der Waals surface area contributed by atoms with Gasteiger partial charge in [0.05, 0.1) is 5.92 Å². The van der Waals surface area contributed by atoms with Crippen LogP contribution in [0, 0.1) is 5.92 Å². The molecule has 0 aliphatic carbocycles. The lowest BCUT2D eigenvalue weighted by Crippen LogP contribution is -2.28. The lowest BCUT2D eigenvalue weighted by molar-refractivity contribution is -0.122. The molecule has 2 heterocycles. The third-order valence-corrected chi connectivity index (χ3v) is 5.41. The van der Waals surface area contributed by atoms with Crippen LogP contribution in [0.25, 0.3) is 0 Å². The minimum atomic E-state index is -0.376. The van der Waals surface area contributed by atoms with Crippen molar-refractivity contribution in [2.75, 3.05) is 28.2 Å². The van der Waals surface area contributed by atoms with E-state index in [1.165, 1.54) is 0 Å². The molecule has 2 aliphatic rings. The highest BCUT2D eigenvalue weighted by molar-refractivity contribution is 6.04. The predicted octanol–water partition coefficient (Wildman–Crippen LogP) is 2.98. The van der Waals surface area contributed by atoms with Crippen LogP contribution in [-0.4, -0.2) is 30.8 Å². The first-order valence-electron chi connectivity index (χ1n) is 9.66. The predicted molar refractivity (Wildman–Crippen MR) is 108 cm³/mol. The van der Waals surface area contributed by atoms with E-state index in [-0.39, 0.29) is 30.1 Å². The van der Waals surface area contributed by atoms with Gasteiger partial charge in [0.1, 0.15) is 0 Å². The molecule has 3 amide bonds. The summed E-state index contributed by atoms with van der Waals surface area (Å²) in [6.45, 7) is 2.91. The van der Waals surface area contributed by atoms with Gasteiger partial charge in [-0.15, -0.1) is 0 Å². The molecule has 0 radical (unpaired) electrons. The molecule has 2 aliphatic heterocycles. The van der Waals surface area contributed by atoms with Gasteiger partial charge in [-0.25, -0.2) is 0 Å². The average molecular weight is 377 g/mol. The molecule has 6 nitrogen and oxygen atoms in total. The number of hydrogen-bond donors (Lipinski definition) is 1. The van der Waals surface area contributed by atoms with Crippen molar-refractivity contribution in [3.63, 3.8) is 0 Å². The molecule has 28 heavy (non-hydrogen) atoms. The molecule has 1 unspecified atom stereocenters. The fraction of sp³-hybridized carbons (Fsp3) is 0.318. The summed E-state index contributed by atoms with van der Waals surface area (Å²) in [6.07, 6.45) is 1.47. The Kier molecular flexibility index (Phi) is 4.86. The van der Waals surface area contributed by atoms with E-state index in [0.717, 1.165) is 29.0 Å². The molecule has 1 atom stereocenters. The van der Waals surface area contributed by atoms with Crippen LogP contribution in [0.15, 0.2) is 48.5 Å². The third-order valence-electron chi connectivity index (χ3n) is 5.41. The fourth-order valence-corrected chi connectivity index (χ4v) is 3.90. The Morgan fingerprint density at radius 1 is 1.14 bits per heavy atom. The van der Waals surface area contributed by atoms with E-state index in [9.17, 15) is 14.4 Å². The smallest absolute Gasteiger partial charge is 0.229 e. The molecule has 1 fully saturated rings. The second kappa shape index (κ2) is 7.46. The zero-order chi connectivity index (χ0) is 19.7. The van der Waals surface area contributed by atoms with Gasteiger partial charge in [0.25, 0.3) is 0 Å². The van der Waals surface area contributed by atoms with Gasteiger partial charge in [-0.05, 0) is 42.3 Å². The standard InChI is InChI=1S/C22H23N3O3/c1-2-20(26)24-11-10-15-12-18(8-9-19(15)24)25-14-16(13-21(25)27)22(28)23-17-6-4-3-5-7-17/h3-9,12,16H,2,10-11,13-14H2,1H3,(H,23,28). The number of fused-ring (bicyclic) bond motifs is 1. The summed E-state index contributed by atoms with van der Waals surface area (Å²) in [5.74, 6) is -0.448. The van der Waals surface area contributed by atoms with E-state index in [2.05, 4.69) is 5.32 Å². The van der Waals surface area contributed by atoms with Crippen LogP contribution in [0.1, 0.15) is 25.3 Å². The largest absolute Gasteiger partial charge is 0.326 e. The van der Waals surface area contributed by atoms with Gasteiger partial charge in [-0.1, -0.05) is 25.1 Å². The van der Waals surface area contributed by atoms with Crippen LogP contribution >= 0.6 is 0 Å². The van der Waals surface area contributed by atoms with Crippen LogP contribution in [-0.2, 0) is 20.8 Å². The van der Waals surface area contributed by atoms with Crippen LogP contribution < -0.4 is 15.1 Å². The van der Waals surface area contributed by atoms with Crippen LogP contribution in [0.2, 0.25) is 0 Å². The van der Waals surface area contributed by atoms with Crippen molar-refractivity contribution in [1.82, 2.24) is 0 Å². The molecule has 0 saturated carbocycles. The summed E-state index contributed by atoms with van der Waals surface area (Å²) in [5.41, 5.74) is 3.53. The van der Waals surface area contributed by atoms with Gasteiger partial charge < -0.3 is 15.1 Å². The zero-order valence-electron chi connectivity index (χ0n) is 15.9. The Morgan fingerprint density at radius 2 is 1.93 bits per heavy atom. The third kappa shape index (κ3) is 3.38. The number of anilines is 3. The van der Waals surface area contributed by atoms with Crippen molar-refractivity contribution < 1.29 is 14.4 Å². The summed E-state index contributed by atoms with van der Waals surface area (Å²) in [7, 11) is 0. The Labute approximate surface area is 164 Å². The monoisotopic (exact) mass is 377 g/mol. The molecule has 2 aromatic rings. The van der Waals surface area contributed by atoms with E-state index < -0.39 is 0 Å². The van der Waals surface area contributed by atoms with Crippen molar-refractivity contribution >= 4 is 34.8 Å².